The predicted molar refractivity (Wildman–Crippen MR) is 101 cm³/mol. The molecular weight excluding hydrogens is 344 g/mol. The van der Waals surface area contributed by atoms with Crippen LogP contribution in [0.15, 0.2) is 24.3 Å². The molecule has 0 unspecified atom stereocenters. The van der Waals surface area contributed by atoms with Crippen molar-refractivity contribution in [2.45, 2.75) is 25.4 Å². The van der Waals surface area contributed by atoms with E-state index >= 15 is 0 Å². The largest absolute Gasteiger partial charge is 0.491 e. The van der Waals surface area contributed by atoms with Crippen LogP contribution in [0.3, 0.4) is 0 Å². The van der Waals surface area contributed by atoms with Crippen LogP contribution in [0.1, 0.15) is 24.8 Å². The van der Waals surface area contributed by atoms with Gasteiger partial charge in [-0.3, -0.25) is 4.90 Å². The van der Waals surface area contributed by atoms with Crippen LogP contribution in [0.2, 0.25) is 0 Å². The van der Waals surface area contributed by atoms with E-state index in [0.29, 0.717) is 30.9 Å². The van der Waals surface area contributed by atoms with Crippen molar-refractivity contribution >= 4 is 6.03 Å². The van der Waals surface area contributed by atoms with Crippen LogP contribution in [-0.4, -0.2) is 84.4 Å². The van der Waals surface area contributed by atoms with Crippen molar-refractivity contribution in [2.75, 3.05) is 52.4 Å². The molecule has 1 aromatic rings. The number of carbonyl (C=O) groups excluding carboxylic acids is 1. The van der Waals surface area contributed by atoms with Gasteiger partial charge in [0.15, 0.2) is 0 Å². The highest BCUT2D eigenvalue weighted by Crippen LogP contribution is 2.14. The van der Waals surface area contributed by atoms with Gasteiger partial charge in [-0.05, 0) is 43.5 Å². The number of hydrogen-bond acceptors (Lipinski definition) is 5. The highest BCUT2D eigenvalue weighted by molar-refractivity contribution is 5.74. The molecule has 7 nitrogen and oxygen atoms in total. The number of piperazine rings is 1. The number of benzene rings is 1. The summed E-state index contributed by atoms with van der Waals surface area (Å²) >= 11 is 0. The maximum atomic E-state index is 12.5. The minimum atomic E-state index is -0.593. The third-order valence-corrected chi connectivity index (χ3v) is 5.16. The number of carbonyl (C=O) groups is 1. The molecule has 27 heavy (non-hydrogen) atoms. The molecule has 146 valence electrons. The van der Waals surface area contributed by atoms with E-state index in [4.69, 9.17) is 10.00 Å². The number of aliphatic hydroxyl groups excluding tert-OH is 1. The number of β-amino-alcohol motifs (C(OH)–C–C–N with tert-alkyl or cyclic N) is 1. The van der Waals surface area contributed by atoms with Crippen molar-refractivity contribution < 1.29 is 14.6 Å². The van der Waals surface area contributed by atoms with Crippen molar-refractivity contribution in [2.24, 2.45) is 0 Å². The summed E-state index contributed by atoms with van der Waals surface area (Å²) in [6, 6.07) is 9.08. The van der Waals surface area contributed by atoms with Gasteiger partial charge < -0.3 is 19.6 Å². The molecule has 3 rings (SSSR count). The first-order valence-corrected chi connectivity index (χ1v) is 9.73. The van der Waals surface area contributed by atoms with Gasteiger partial charge in [-0.1, -0.05) is 0 Å². The third-order valence-electron chi connectivity index (χ3n) is 5.16. The first-order chi connectivity index (χ1) is 13.2. The summed E-state index contributed by atoms with van der Waals surface area (Å²) < 4.78 is 5.59. The fourth-order valence-corrected chi connectivity index (χ4v) is 3.58. The van der Waals surface area contributed by atoms with Crippen LogP contribution in [0.25, 0.3) is 0 Å². The molecule has 1 N–H and O–H groups in total. The number of amides is 2. The average Bonchev–Trinajstić information content (AvgIpc) is 2.73. The van der Waals surface area contributed by atoms with Crippen LogP contribution < -0.4 is 4.74 Å². The van der Waals surface area contributed by atoms with Gasteiger partial charge in [0.25, 0.3) is 0 Å². The highest BCUT2D eigenvalue weighted by Gasteiger charge is 2.26. The van der Waals surface area contributed by atoms with Crippen LogP contribution in [0, 0.1) is 11.3 Å². The van der Waals surface area contributed by atoms with E-state index in [9.17, 15) is 9.90 Å². The number of aliphatic hydroxyl groups is 1. The zero-order valence-corrected chi connectivity index (χ0v) is 15.7. The van der Waals surface area contributed by atoms with Crippen LogP contribution in [-0.2, 0) is 0 Å². The van der Waals surface area contributed by atoms with E-state index in [0.717, 1.165) is 39.0 Å². The molecule has 2 amide bonds. The van der Waals surface area contributed by atoms with E-state index in [2.05, 4.69) is 11.0 Å². The summed E-state index contributed by atoms with van der Waals surface area (Å²) in [5, 5.41) is 19.0. The Labute approximate surface area is 160 Å². The number of likely N-dealkylation sites (tertiary alicyclic amines) is 1. The molecule has 0 saturated carbocycles. The molecule has 2 aliphatic heterocycles. The molecule has 2 heterocycles. The van der Waals surface area contributed by atoms with Crippen LogP contribution in [0.4, 0.5) is 4.79 Å². The first kappa shape index (κ1) is 19.5. The second kappa shape index (κ2) is 9.58. The van der Waals surface area contributed by atoms with Crippen LogP contribution in [0.5, 0.6) is 5.75 Å². The molecule has 0 spiro atoms. The average molecular weight is 372 g/mol. The maximum absolute atomic E-state index is 12.5. The Morgan fingerprint density at radius 1 is 1.04 bits per heavy atom. The number of urea groups is 1. The van der Waals surface area contributed by atoms with Gasteiger partial charge in [0, 0.05) is 45.8 Å². The molecule has 2 fully saturated rings. The standard InChI is InChI=1S/C20H28N4O3/c21-14-17-4-6-19(7-5-17)27-16-18(25)15-22-10-12-24(13-11-22)20(26)23-8-2-1-3-9-23/h4-7,18,25H,1-3,8-13,15-16H2/t18-/m0/s1. The molecule has 2 aliphatic rings. The van der Waals surface area contributed by atoms with Crippen molar-refractivity contribution in [1.29, 1.82) is 5.26 Å². The lowest BCUT2D eigenvalue weighted by Crippen LogP contribution is -2.54. The maximum Gasteiger partial charge on any atom is 0.320 e. The second-order valence-electron chi connectivity index (χ2n) is 7.22. The quantitative estimate of drug-likeness (QED) is 0.848. The van der Waals surface area contributed by atoms with E-state index in [1.54, 1.807) is 24.3 Å². The van der Waals surface area contributed by atoms with Crippen LogP contribution >= 0.6 is 0 Å². The van der Waals surface area contributed by atoms with Crippen molar-refractivity contribution in [3.05, 3.63) is 29.8 Å². The summed E-state index contributed by atoms with van der Waals surface area (Å²) in [5.74, 6) is 0.644. The topological polar surface area (TPSA) is 80.0 Å². The molecule has 2 saturated heterocycles. The predicted octanol–water partition coefficient (Wildman–Crippen LogP) is 1.52. The van der Waals surface area contributed by atoms with Crippen molar-refractivity contribution in [3.63, 3.8) is 0 Å². The molecule has 0 radical (unpaired) electrons. The Bertz CT molecular complexity index is 644. The van der Waals surface area contributed by atoms with E-state index in [1.807, 2.05) is 9.80 Å². The smallest absolute Gasteiger partial charge is 0.320 e. The molecule has 0 aliphatic carbocycles. The summed E-state index contributed by atoms with van der Waals surface area (Å²) in [6.07, 6.45) is 2.85. The third kappa shape index (κ3) is 5.59. The lowest BCUT2D eigenvalue weighted by Gasteiger charge is -2.39. The fourth-order valence-electron chi connectivity index (χ4n) is 3.58. The van der Waals surface area contributed by atoms with Gasteiger partial charge >= 0.3 is 6.03 Å². The number of ether oxygens (including phenoxy) is 1. The number of hydrogen-bond donors (Lipinski definition) is 1. The minimum absolute atomic E-state index is 0.166. The lowest BCUT2D eigenvalue weighted by atomic mass is 10.1. The number of rotatable bonds is 5. The number of piperidine rings is 1. The van der Waals surface area contributed by atoms with Gasteiger partial charge in [-0.15, -0.1) is 0 Å². The Balaban J connectivity index is 1.36. The van der Waals surface area contributed by atoms with Gasteiger partial charge in [0.1, 0.15) is 18.5 Å². The minimum Gasteiger partial charge on any atom is -0.491 e. The van der Waals surface area contributed by atoms with E-state index in [-0.39, 0.29) is 12.6 Å². The highest BCUT2D eigenvalue weighted by atomic mass is 16.5. The molecule has 1 aromatic carbocycles. The van der Waals surface area contributed by atoms with Crippen molar-refractivity contribution in [1.82, 2.24) is 14.7 Å². The first-order valence-electron chi connectivity index (χ1n) is 9.73. The van der Waals surface area contributed by atoms with Crippen molar-refractivity contribution in [3.8, 4) is 11.8 Å². The Hall–Kier alpha value is -2.30. The Kier molecular flexibility index (Phi) is 6.91. The summed E-state index contributed by atoms with van der Waals surface area (Å²) in [7, 11) is 0. The lowest BCUT2D eigenvalue weighted by molar-refractivity contribution is 0.0473. The normalized spacial score (nSPS) is 19.4. The number of nitriles is 1. The Morgan fingerprint density at radius 3 is 2.30 bits per heavy atom. The molecule has 1 atom stereocenters. The van der Waals surface area contributed by atoms with Gasteiger partial charge in [0.05, 0.1) is 11.6 Å². The summed E-state index contributed by atoms with van der Waals surface area (Å²) in [4.78, 5) is 18.6. The zero-order chi connectivity index (χ0) is 19.1. The van der Waals surface area contributed by atoms with Gasteiger partial charge in [-0.25, -0.2) is 4.79 Å². The molecular formula is C20H28N4O3. The Morgan fingerprint density at radius 2 is 1.67 bits per heavy atom. The zero-order valence-electron chi connectivity index (χ0n) is 15.7. The van der Waals surface area contributed by atoms with E-state index in [1.165, 1.54) is 6.42 Å². The SMILES string of the molecule is N#Cc1ccc(OC[C@@H](O)CN2CCN(C(=O)N3CCCCC3)CC2)cc1. The van der Waals surface area contributed by atoms with E-state index < -0.39 is 6.10 Å². The summed E-state index contributed by atoms with van der Waals surface area (Å²) in [6.45, 7) is 5.45. The number of nitrogens with zero attached hydrogens (tertiary/aromatic N) is 4. The fraction of sp³-hybridized carbons (Fsp3) is 0.600. The molecule has 7 heteroatoms. The van der Waals surface area contributed by atoms with Gasteiger partial charge in [0.2, 0.25) is 0 Å². The molecule has 0 aromatic heterocycles. The monoisotopic (exact) mass is 372 g/mol. The van der Waals surface area contributed by atoms with Gasteiger partial charge in [-0.2, -0.15) is 5.26 Å². The second-order valence-corrected chi connectivity index (χ2v) is 7.22. The molecule has 0 bridgehead atoms. The summed E-state index contributed by atoms with van der Waals surface area (Å²) in [5.41, 5.74) is 0.583.